The van der Waals surface area contributed by atoms with Gasteiger partial charge in [-0.2, -0.15) is 4.98 Å². The number of carboxylic acid groups (broad SMARTS) is 1. The van der Waals surface area contributed by atoms with Gasteiger partial charge in [0.2, 0.25) is 11.7 Å². The van der Waals surface area contributed by atoms with Crippen LogP contribution in [0.1, 0.15) is 24.8 Å². The van der Waals surface area contributed by atoms with E-state index in [9.17, 15) is 4.79 Å². The minimum Gasteiger partial charge on any atom is -0.481 e. The van der Waals surface area contributed by atoms with Crippen LogP contribution in [0.25, 0.3) is 11.4 Å². The first-order valence-electron chi connectivity index (χ1n) is 6.16. The first-order valence-corrected chi connectivity index (χ1v) is 6.16. The van der Waals surface area contributed by atoms with Crippen LogP contribution in [0, 0.1) is 12.8 Å². The third-order valence-corrected chi connectivity index (χ3v) is 2.79. The maximum absolute atomic E-state index is 10.6. The fraction of sp³-hybridized carbons (Fsp3) is 0.357. The summed E-state index contributed by atoms with van der Waals surface area (Å²) in [4.78, 5) is 14.9. The molecule has 1 atom stereocenters. The number of hydrogen-bond donors (Lipinski definition) is 1. The van der Waals surface area contributed by atoms with Gasteiger partial charge < -0.3 is 9.63 Å². The van der Waals surface area contributed by atoms with Gasteiger partial charge in [-0.25, -0.2) is 0 Å². The maximum Gasteiger partial charge on any atom is 0.303 e. The van der Waals surface area contributed by atoms with Crippen LogP contribution >= 0.6 is 0 Å². The average molecular weight is 260 g/mol. The van der Waals surface area contributed by atoms with Gasteiger partial charge in [0.1, 0.15) is 0 Å². The second-order valence-electron chi connectivity index (χ2n) is 4.79. The molecular weight excluding hydrogens is 244 g/mol. The molecule has 0 fully saturated rings. The largest absolute Gasteiger partial charge is 0.481 e. The van der Waals surface area contributed by atoms with Crippen molar-refractivity contribution in [1.29, 1.82) is 0 Å². The van der Waals surface area contributed by atoms with Crippen LogP contribution in [-0.2, 0) is 11.2 Å². The molecule has 0 aliphatic heterocycles. The average Bonchev–Trinajstić information content (AvgIpc) is 2.76. The summed E-state index contributed by atoms with van der Waals surface area (Å²) in [6.07, 6.45) is 0.577. The molecule has 1 heterocycles. The van der Waals surface area contributed by atoms with Gasteiger partial charge in [-0.15, -0.1) is 0 Å². The van der Waals surface area contributed by atoms with Gasteiger partial charge in [0.25, 0.3) is 0 Å². The lowest BCUT2D eigenvalue weighted by Crippen LogP contribution is -2.07. The van der Waals surface area contributed by atoms with Crippen molar-refractivity contribution < 1.29 is 14.4 Å². The molecule has 5 nitrogen and oxygen atoms in total. The van der Waals surface area contributed by atoms with Crippen molar-refractivity contribution in [2.75, 3.05) is 0 Å². The van der Waals surface area contributed by atoms with E-state index in [-0.39, 0.29) is 12.3 Å². The van der Waals surface area contributed by atoms with E-state index >= 15 is 0 Å². The number of hydrogen-bond acceptors (Lipinski definition) is 4. The Bertz CT molecular complexity index is 578. The Kier molecular flexibility index (Phi) is 3.94. The minimum atomic E-state index is -0.814. The van der Waals surface area contributed by atoms with Crippen LogP contribution in [0.2, 0.25) is 0 Å². The van der Waals surface area contributed by atoms with Gasteiger partial charge in [-0.05, 0) is 18.9 Å². The van der Waals surface area contributed by atoms with Crippen LogP contribution in [0.3, 0.4) is 0 Å². The highest BCUT2D eigenvalue weighted by Crippen LogP contribution is 2.18. The summed E-state index contributed by atoms with van der Waals surface area (Å²) in [7, 11) is 0. The summed E-state index contributed by atoms with van der Waals surface area (Å²) in [6, 6.07) is 7.84. The normalized spacial score (nSPS) is 12.3. The first-order chi connectivity index (χ1) is 9.04. The molecule has 100 valence electrons. The van der Waals surface area contributed by atoms with Crippen molar-refractivity contribution in [3.8, 4) is 11.4 Å². The Labute approximate surface area is 111 Å². The first kappa shape index (κ1) is 13.3. The van der Waals surface area contributed by atoms with E-state index in [1.165, 1.54) is 0 Å². The highest BCUT2D eigenvalue weighted by molar-refractivity contribution is 5.67. The number of aromatic nitrogens is 2. The fourth-order valence-corrected chi connectivity index (χ4v) is 1.91. The smallest absolute Gasteiger partial charge is 0.303 e. The predicted molar refractivity (Wildman–Crippen MR) is 69.6 cm³/mol. The molecule has 0 radical (unpaired) electrons. The van der Waals surface area contributed by atoms with Gasteiger partial charge in [0.15, 0.2) is 0 Å². The van der Waals surface area contributed by atoms with Gasteiger partial charge in [0, 0.05) is 18.4 Å². The molecule has 1 aromatic heterocycles. The molecule has 1 aromatic carbocycles. The van der Waals surface area contributed by atoms with Gasteiger partial charge in [-0.1, -0.05) is 35.8 Å². The lowest BCUT2D eigenvalue weighted by Gasteiger charge is -2.03. The molecule has 2 aromatic rings. The third-order valence-electron chi connectivity index (χ3n) is 2.79. The van der Waals surface area contributed by atoms with Crippen LogP contribution in [0.5, 0.6) is 0 Å². The van der Waals surface area contributed by atoms with Crippen molar-refractivity contribution in [3.05, 3.63) is 35.7 Å². The number of aryl methyl sites for hydroxylation is 1. The highest BCUT2D eigenvalue weighted by Gasteiger charge is 2.14. The fourth-order valence-electron chi connectivity index (χ4n) is 1.91. The van der Waals surface area contributed by atoms with E-state index in [1.54, 1.807) is 0 Å². The summed E-state index contributed by atoms with van der Waals surface area (Å²) in [5, 5.41) is 12.6. The predicted octanol–water partition coefficient (Wildman–Crippen LogP) is 2.70. The van der Waals surface area contributed by atoms with E-state index in [2.05, 4.69) is 10.1 Å². The Hall–Kier alpha value is -2.17. The summed E-state index contributed by atoms with van der Waals surface area (Å²) >= 11 is 0. The van der Waals surface area contributed by atoms with Crippen molar-refractivity contribution in [1.82, 2.24) is 10.1 Å². The topological polar surface area (TPSA) is 76.2 Å². The zero-order valence-corrected chi connectivity index (χ0v) is 11.0. The number of carbonyl (C=O) groups is 1. The Balaban J connectivity index is 2.09. The Morgan fingerprint density at radius 3 is 2.95 bits per heavy atom. The molecule has 0 saturated heterocycles. The second-order valence-corrected chi connectivity index (χ2v) is 4.79. The van der Waals surface area contributed by atoms with E-state index < -0.39 is 5.97 Å². The molecule has 5 heteroatoms. The Morgan fingerprint density at radius 2 is 2.26 bits per heavy atom. The zero-order valence-electron chi connectivity index (χ0n) is 11.0. The summed E-state index contributed by atoms with van der Waals surface area (Å²) in [5.41, 5.74) is 2.03. The zero-order chi connectivity index (χ0) is 13.8. The highest BCUT2D eigenvalue weighted by atomic mass is 16.5. The second kappa shape index (κ2) is 5.65. The molecule has 0 spiro atoms. The lowest BCUT2D eigenvalue weighted by molar-refractivity contribution is -0.137. The standard InChI is InChI=1S/C14H16N2O3/c1-9-4-3-5-11(6-9)14-15-12(19-16-14)7-10(2)8-13(17)18/h3-6,10H,7-8H2,1-2H3,(H,17,18). The molecule has 0 saturated carbocycles. The molecule has 1 N–H and O–H groups in total. The molecule has 19 heavy (non-hydrogen) atoms. The van der Waals surface area contributed by atoms with E-state index in [0.29, 0.717) is 18.1 Å². The van der Waals surface area contributed by atoms with Crippen LogP contribution in [0.4, 0.5) is 0 Å². The quantitative estimate of drug-likeness (QED) is 0.894. The van der Waals surface area contributed by atoms with E-state index in [1.807, 2.05) is 38.1 Å². The number of aliphatic carboxylic acids is 1. The van der Waals surface area contributed by atoms with Crippen molar-refractivity contribution >= 4 is 5.97 Å². The maximum atomic E-state index is 10.6. The van der Waals surface area contributed by atoms with Crippen molar-refractivity contribution in [3.63, 3.8) is 0 Å². The number of nitrogens with zero attached hydrogens (tertiary/aromatic N) is 2. The SMILES string of the molecule is Cc1cccc(-c2noc(CC(C)CC(=O)O)n2)c1. The summed E-state index contributed by atoms with van der Waals surface area (Å²) < 4.78 is 5.16. The lowest BCUT2D eigenvalue weighted by atomic mass is 10.0. The van der Waals surface area contributed by atoms with Crippen LogP contribution < -0.4 is 0 Å². The van der Waals surface area contributed by atoms with Crippen LogP contribution in [0.15, 0.2) is 28.8 Å². The number of rotatable bonds is 5. The molecule has 0 bridgehead atoms. The van der Waals surface area contributed by atoms with E-state index in [4.69, 9.17) is 9.63 Å². The van der Waals surface area contributed by atoms with Gasteiger partial charge in [0.05, 0.1) is 0 Å². The molecule has 1 unspecified atom stereocenters. The molecular formula is C14H16N2O3. The van der Waals surface area contributed by atoms with Crippen LogP contribution in [-0.4, -0.2) is 21.2 Å². The monoisotopic (exact) mass is 260 g/mol. The number of carboxylic acids is 1. The molecule has 0 aliphatic rings. The summed E-state index contributed by atoms with van der Waals surface area (Å²) in [6.45, 7) is 3.85. The molecule has 2 rings (SSSR count). The van der Waals surface area contributed by atoms with Gasteiger partial charge >= 0.3 is 5.97 Å². The van der Waals surface area contributed by atoms with Gasteiger partial charge in [-0.3, -0.25) is 4.79 Å². The minimum absolute atomic E-state index is 0.0247. The molecule has 0 aliphatic carbocycles. The third kappa shape index (κ3) is 3.64. The Morgan fingerprint density at radius 1 is 1.47 bits per heavy atom. The van der Waals surface area contributed by atoms with E-state index in [0.717, 1.165) is 11.1 Å². The summed E-state index contributed by atoms with van der Waals surface area (Å²) in [5.74, 6) is 0.181. The van der Waals surface area contributed by atoms with Crippen molar-refractivity contribution in [2.45, 2.75) is 26.7 Å². The number of benzene rings is 1. The molecule has 0 amide bonds. The van der Waals surface area contributed by atoms with Crippen molar-refractivity contribution in [2.24, 2.45) is 5.92 Å².